The van der Waals surface area contributed by atoms with Crippen LogP contribution in [0.1, 0.15) is 44.3 Å². The van der Waals surface area contributed by atoms with Gasteiger partial charge in [0.05, 0.1) is 19.1 Å². The first kappa shape index (κ1) is 12.5. The number of rotatable bonds is 6. The van der Waals surface area contributed by atoms with Crippen molar-refractivity contribution >= 4 is 0 Å². The van der Waals surface area contributed by atoms with Crippen LogP contribution in [-0.4, -0.2) is 41.0 Å². The van der Waals surface area contributed by atoms with Crippen molar-refractivity contribution in [2.45, 2.75) is 45.1 Å². The summed E-state index contributed by atoms with van der Waals surface area (Å²) in [4.78, 5) is 4.55. The number of H-pyrrole nitrogens is 1. The van der Waals surface area contributed by atoms with E-state index in [1.165, 1.54) is 0 Å². The zero-order valence-electron chi connectivity index (χ0n) is 10.7. The highest BCUT2D eigenvalue weighted by atomic mass is 16.5. The lowest BCUT2D eigenvalue weighted by atomic mass is 10.0. The molecule has 0 amide bonds. The van der Waals surface area contributed by atoms with Gasteiger partial charge in [0.15, 0.2) is 5.82 Å². The largest absolute Gasteiger partial charge is 0.379 e. The van der Waals surface area contributed by atoms with Crippen LogP contribution < -0.4 is 5.32 Å². The molecule has 5 nitrogen and oxygen atoms in total. The number of aromatic amines is 1. The van der Waals surface area contributed by atoms with Gasteiger partial charge >= 0.3 is 0 Å². The molecule has 2 rings (SSSR count). The average molecular weight is 238 g/mol. The Morgan fingerprint density at radius 2 is 2.24 bits per heavy atom. The fourth-order valence-corrected chi connectivity index (χ4v) is 2.16. The second-order valence-electron chi connectivity index (χ2n) is 4.59. The Hall–Kier alpha value is -0.940. The molecule has 1 aliphatic rings. The molecule has 0 spiro atoms. The number of nitrogens with zero attached hydrogens (tertiary/aromatic N) is 2. The van der Waals surface area contributed by atoms with E-state index in [0.717, 1.165) is 50.7 Å². The molecule has 2 N–H and O–H groups in total. The number of nitrogens with one attached hydrogen (secondary N) is 2. The molecule has 0 radical (unpaired) electrons. The topological polar surface area (TPSA) is 62.8 Å². The van der Waals surface area contributed by atoms with Crippen LogP contribution in [0, 0.1) is 0 Å². The summed E-state index contributed by atoms with van der Waals surface area (Å²) in [5.74, 6) is 2.19. The molecular formula is C12H22N4O. The molecule has 2 atom stereocenters. The third-order valence-electron chi connectivity index (χ3n) is 3.10. The van der Waals surface area contributed by atoms with Gasteiger partial charge in [-0.2, -0.15) is 5.10 Å². The maximum atomic E-state index is 5.53. The van der Waals surface area contributed by atoms with Gasteiger partial charge in [0, 0.05) is 12.5 Å². The molecule has 1 aliphatic heterocycles. The van der Waals surface area contributed by atoms with Crippen molar-refractivity contribution in [1.82, 2.24) is 20.5 Å². The first-order valence-electron chi connectivity index (χ1n) is 6.57. The molecular weight excluding hydrogens is 216 g/mol. The van der Waals surface area contributed by atoms with Gasteiger partial charge < -0.3 is 10.1 Å². The average Bonchev–Trinajstić information content (AvgIpc) is 2.94. The van der Waals surface area contributed by atoms with Crippen LogP contribution >= 0.6 is 0 Å². The zero-order valence-corrected chi connectivity index (χ0v) is 10.7. The zero-order chi connectivity index (χ0) is 12.1. The molecule has 1 saturated heterocycles. The minimum Gasteiger partial charge on any atom is -0.379 e. The molecule has 0 aliphatic carbocycles. The van der Waals surface area contributed by atoms with Gasteiger partial charge in [0.2, 0.25) is 0 Å². The van der Waals surface area contributed by atoms with E-state index in [2.05, 4.69) is 34.3 Å². The van der Waals surface area contributed by atoms with E-state index in [0.29, 0.717) is 12.0 Å². The molecule has 1 aromatic heterocycles. The monoisotopic (exact) mass is 238 g/mol. The fourth-order valence-electron chi connectivity index (χ4n) is 2.16. The highest BCUT2D eigenvalue weighted by molar-refractivity contribution is 5.05. The molecule has 1 aromatic rings. The summed E-state index contributed by atoms with van der Waals surface area (Å²) in [6.45, 7) is 6.83. The minimum absolute atomic E-state index is 0.295. The summed E-state index contributed by atoms with van der Waals surface area (Å²) in [5.41, 5.74) is 0. The van der Waals surface area contributed by atoms with E-state index in [4.69, 9.17) is 4.74 Å². The lowest BCUT2D eigenvalue weighted by Gasteiger charge is -2.15. The highest BCUT2D eigenvalue weighted by Crippen LogP contribution is 2.23. The maximum Gasteiger partial charge on any atom is 0.157 e. The number of hydrogen-bond acceptors (Lipinski definition) is 4. The maximum absolute atomic E-state index is 5.53. The van der Waals surface area contributed by atoms with Crippen molar-refractivity contribution in [1.29, 1.82) is 0 Å². The van der Waals surface area contributed by atoms with Gasteiger partial charge in [-0.15, -0.1) is 0 Å². The van der Waals surface area contributed by atoms with Gasteiger partial charge in [-0.25, -0.2) is 4.98 Å². The molecule has 0 saturated carbocycles. The predicted molar refractivity (Wildman–Crippen MR) is 66.0 cm³/mol. The molecule has 1 fully saturated rings. The Bertz CT molecular complexity index is 339. The van der Waals surface area contributed by atoms with E-state index in [1.54, 1.807) is 0 Å². The van der Waals surface area contributed by atoms with Gasteiger partial charge in [-0.3, -0.25) is 5.10 Å². The van der Waals surface area contributed by atoms with Crippen LogP contribution in [0.25, 0.3) is 0 Å². The third-order valence-corrected chi connectivity index (χ3v) is 3.10. The summed E-state index contributed by atoms with van der Waals surface area (Å²) in [6, 6.07) is 0.361. The quantitative estimate of drug-likeness (QED) is 0.782. The van der Waals surface area contributed by atoms with Gasteiger partial charge in [0.25, 0.3) is 0 Å². The Morgan fingerprint density at radius 1 is 1.35 bits per heavy atom. The summed E-state index contributed by atoms with van der Waals surface area (Å²) in [5, 5.41) is 10.8. The number of aryl methyl sites for hydroxylation is 1. The fraction of sp³-hybridized carbons (Fsp3) is 0.833. The predicted octanol–water partition coefficient (Wildman–Crippen LogP) is 1.24. The Kier molecular flexibility index (Phi) is 4.50. The van der Waals surface area contributed by atoms with E-state index < -0.39 is 0 Å². The summed E-state index contributed by atoms with van der Waals surface area (Å²) in [7, 11) is 0. The molecule has 0 bridgehead atoms. The normalized spacial score (nSPS) is 24.4. The summed E-state index contributed by atoms with van der Waals surface area (Å²) in [6.07, 6.45) is 3.19. The van der Waals surface area contributed by atoms with E-state index in [9.17, 15) is 0 Å². The summed E-state index contributed by atoms with van der Waals surface area (Å²) < 4.78 is 5.53. The number of ether oxygens (including phenoxy) is 1. The molecule has 5 heteroatoms. The van der Waals surface area contributed by atoms with Crippen molar-refractivity contribution in [3.63, 3.8) is 0 Å². The summed E-state index contributed by atoms with van der Waals surface area (Å²) >= 11 is 0. The van der Waals surface area contributed by atoms with E-state index in [-0.39, 0.29) is 0 Å². The SMILES string of the molecule is CCCNC1COCC1c1n[nH]c(CCC)n1. The lowest BCUT2D eigenvalue weighted by molar-refractivity contribution is 0.187. The van der Waals surface area contributed by atoms with E-state index in [1.807, 2.05) is 0 Å². The van der Waals surface area contributed by atoms with Crippen LogP contribution in [0.5, 0.6) is 0 Å². The number of hydrogen-bond donors (Lipinski definition) is 2. The van der Waals surface area contributed by atoms with Crippen molar-refractivity contribution in [2.75, 3.05) is 19.8 Å². The second kappa shape index (κ2) is 6.12. The van der Waals surface area contributed by atoms with Crippen molar-refractivity contribution in [3.05, 3.63) is 11.6 Å². The number of aromatic nitrogens is 3. The van der Waals surface area contributed by atoms with Crippen LogP contribution in [0.3, 0.4) is 0 Å². The Labute approximate surface area is 102 Å². The highest BCUT2D eigenvalue weighted by Gasteiger charge is 2.31. The lowest BCUT2D eigenvalue weighted by Crippen LogP contribution is -2.35. The standard InChI is InChI=1S/C12H22N4O/c1-3-5-11-14-12(16-15-11)9-7-17-8-10(9)13-6-4-2/h9-10,13H,3-8H2,1-2H3,(H,14,15,16). The van der Waals surface area contributed by atoms with Crippen molar-refractivity contribution in [3.8, 4) is 0 Å². The minimum atomic E-state index is 0.295. The van der Waals surface area contributed by atoms with Crippen LogP contribution in [0.4, 0.5) is 0 Å². The molecule has 2 heterocycles. The first-order valence-corrected chi connectivity index (χ1v) is 6.57. The third kappa shape index (κ3) is 3.04. The van der Waals surface area contributed by atoms with Gasteiger partial charge in [-0.05, 0) is 19.4 Å². The van der Waals surface area contributed by atoms with Crippen LogP contribution in [0.15, 0.2) is 0 Å². The Balaban J connectivity index is 1.98. The molecule has 17 heavy (non-hydrogen) atoms. The van der Waals surface area contributed by atoms with Crippen molar-refractivity contribution in [2.24, 2.45) is 0 Å². The van der Waals surface area contributed by atoms with Crippen LogP contribution in [-0.2, 0) is 11.2 Å². The van der Waals surface area contributed by atoms with E-state index >= 15 is 0 Å². The molecule has 0 aromatic carbocycles. The van der Waals surface area contributed by atoms with Gasteiger partial charge in [-0.1, -0.05) is 13.8 Å². The van der Waals surface area contributed by atoms with Gasteiger partial charge in [0.1, 0.15) is 5.82 Å². The smallest absolute Gasteiger partial charge is 0.157 e. The second-order valence-corrected chi connectivity index (χ2v) is 4.59. The first-order chi connectivity index (χ1) is 8.35. The molecule has 2 unspecified atom stereocenters. The Morgan fingerprint density at radius 3 is 3.00 bits per heavy atom. The van der Waals surface area contributed by atoms with Crippen molar-refractivity contribution < 1.29 is 4.74 Å². The van der Waals surface area contributed by atoms with Crippen LogP contribution in [0.2, 0.25) is 0 Å². The molecule has 96 valence electrons.